The summed E-state index contributed by atoms with van der Waals surface area (Å²) in [5.74, 6) is 4.57. The van der Waals surface area contributed by atoms with Gasteiger partial charge < -0.3 is 4.90 Å². The Bertz CT molecular complexity index is 279. The molecule has 2 saturated carbocycles. The lowest BCUT2D eigenvalue weighted by Crippen LogP contribution is -2.35. The lowest BCUT2D eigenvalue weighted by Gasteiger charge is -2.25. The van der Waals surface area contributed by atoms with Gasteiger partial charge in [-0.1, -0.05) is 12.3 Å². The predicted molar refractivity (Wildman–Crippen MR) is 55.4 cm³/mol. The van der Waals surface area contributed by atoms with Gasteiger partial charge >= 0.3 is 0 Å². The summed E-state index contributed by atoms with van der Waals surface area (Å²) in [5.41, 5.74) is 0. The molecule has 0 saturated heterocycles. The van der Waals surface area contributed by atoms with Crippen molar-refractivity contribution in [1.82, 2.24) is 4.90 Å². The quantitative estimate of drug-likeness (QED) is 0.606. The van der Waals surface area contributed by atoms with Gasteiger partial charge in [0.25, 0.3) is 0 Å². The van der Waals surface area contributed by atoms with Crippen LogP contribution < -0.4 is 0 Å². The third-order valence-electron chi connectivity index (χ3n) is 3.76. The van der Waals surface area contributed by atoms with E-state index < -0.39 is 0 Å². The number of nitrogens with zero attached hydrogens (tertiary/aromatic N) is 1. The number of carbonyl (C=O) groups excluding carboxylic acids is 1. The highest BCUT2D eigenvalue weighted by molar-refractivity contribution is 5.79. The molecule has 2 nitrogen and oxygen atoms in total. The van der Waals surface area contributed by atoms with Gasteiger partial charge in [-0.25, -0.2) is 0 Å². The van der Waals surface area contributed by atoms with Crippen LogP contribution in [0, 0.1) is 30.1 Å². The molecule has 2 heteroatoms. The number of hydrogen-bond acceptors (Lipinski definition) is 1. The fourth-order valence-corrected chi connectivity index (χ4v) is 3.05. The first kappa shape index (κ1) is 9.58. The molecule has 14 heavy (non-hydrogen) atoms. The zero-order chi connectivity index (χ0) is 10.1. The average Bonchev–Trinajstić information content (AvgIpc) is 2.77. The molecule has 0 aromatic carbocycles. The molecule has 0 spiro atoms. The molecule has 0 heterocycles. The van der Waals surface area contributed by atoms with Crippen molar-refractivity contribution in [3.63, 3.8) is 0 Å². The monoisotopic (exact) mass is 191 g/mol. The molecule has 2 fully saturated rings. The van der Waals surface area contributed by atoms with Gasteiger partial charge in [-0.3, -0.25) is 4.79 Å². The average molecular weight is 191 g/mol. The summed E-state index contributed by atoms with van der Waals surface area (Å²) in [6.45, 7) is 0.451. The lowest BCUT2D eigenvalue weighted by molar-refractivity contribution is -0.135. The van der Waals surface area contributed by atoms with Crippen molar-refractivity contribution in [3.05, 3.63) is 0 Å². The molecule has 1 amide bonds. The second-order valence-corrected chi connectivity index (χ2v) is 4.68. The summed E-state index contributed by atoms with van der Waals surface area (Å²) in [6, 6.07) is 0. The second-order valence-electron chi connectivity index (χ2n) is 4.68. The van der Waals surface area contributed by atoms with Crippen LogP contribution in [0.5, 0.6) is 0 Å². The summed E-state index contributed by atoms with van der Waals surface area (Å²) in [6.07, 6.45) is 10.2. The first-order chi connectivity index (χ1) is 6.72. The van der Waals surface area contributed by atoms with E-state index in [2.05, 4.69) is 5.92 Å². The molecule has 3 unspecified atom stereocenters. The Kier molecular flexibility index (Phi) is 2.50. The molecule has 0 aromatic heterocycles. The number of amides is 1. The Labute approximate surface area is 85.7 Å². The zero-order valence-electron chi connectivity index (χ0n) is 8.70. The van der Waals surface area contributed by atoms with E-state index >= 15 is 0 Å². The Balaban J connectivity index is 1.96. The third-order valence-corrected chi connectivity index (χ3v) is 3.76. The van der Waals surface area contributed by atoms with E-state index in [0.29, 0.717) is 12.5 Å². The van der Waals surface area contributed by atoms with E-state index in [1.165, 1.54) is 19.3 Å². The summed E-state index contributed by atoms with van der Waals surface area (Å²) < 4.78 is 0. The maximum Gasteiger partial charge on any atom is 0.226 e. The normalized spacial score (nSPS) is 34.1. The van der Waals surface area contributed by atoms with Gasteiger partial charge in [0.1, 0.15) is 0 Å². The molecule has 0 radical (unpaired) electrons. The molecule has 76 valence electrons. The first-order valence-electron chi connectivity index (χ1n) is 5.40. The maximum absolute atomic E-state index is 12.0. The van der Waals surface area contributed by atoms with Crippen molar-refractivity contribution in [1.29, 1.82) is 0 Å². The van der Waals surface area contributed by atoms with Crippen molar-refractivity contribution in [2.75, 3.05) is 13.6 Å². The van der Waals surface area contributed by atoms with E-state index in [-0.39, 0.29) is 11.8 Å². The van der Waals surface area contributed by atoms with Gasteiger partial charge in [0, 0.05) is 13.0 Å². The summed E-state index contributed by atoms with van der Waals surface area (Å²) in [4.78, 5) is 13.7. The van der Waals surface area contributed by atoms with Crippen molar-refractivity contribution in [2.45, 2.75) is 25.7 Å². The van der Waals surface area contributed by atoms with E-state index in [0.717, 1.165) is 12.3 Å². The van der Waals surface area contributed by atoms with Crippen LogP contribution in [-0.4, -0.2) is 24.4 Å². The van der Waals surface area contributed by atoms with Gasteiger partial charge in [0.15, 0.2) is 0 Å². The molecule has 2 rings (SSSR count). The van der Waals surface area contributed by atoms with E-state index in [1.807, 2.05) is 7.05 Å². The van der Waals surface area contributed by atoms with Crippen LogP contribution in [0.25, 0.3) is 0 Å². The largest absolute Gasteiger partial charge is 0.334 e. The van der Waals surface area contributed by atoms with Crippen LogP contribution in [-0.2, 0) is 4.79 Å². The minimum Gasteiger partial charge on any atom is -0.334 e. The molecule has 0 aromatic rings. The van der Waals surface area contributed by atoms with Crippen molar-refractivity contribution in [3.8, 4) is 12.3 Å². The first-order valence-corrected chi connectivity index (χ1v) is 5.40. The summed E-state index contributed by atoms with van der Waals surface area (Å²) in [7, 11) is 1.81. The minimum atomic E-state index is 0.273. The number of fused-ring (bicyclic) bond motifs is 2. The lowest BCUT2D eigenvalue weighted by atomic mass is 9.88. The second kappa shape index (κ2) is 3.65. The van der Waals surface area contributed by atoms with Crippen LogP contribution in [0.1, 0.15) is 25.7 Å². The molecule has 2 aliphatic rings. The van der Waals surface area contributed by atoms with E-state index in [1.54, 1.807) is 4.90 Å². The molecule has 0 aliphatic heterocycles. The highest BCUT2D eigenvalue weighted by atomic mass is 16.2. The van der Waals surface area contributed by atoms with Gasteiger partial charge in [-0.05, 0) is 31.1 Å². The highest BCUT2D eigenvalue weighted by Crippen LogP contribution is 2.48. The summed E-state index contributed by atoms with van der Waals surface area (Å²) >= 11 is 0. The van der Waals surface area contributed by atoms with Gasteiger partial charge in [-0.2, -0.15) is 0 Å². The van der Waals surface area contributed by atoms with Crippen LogP contribution in [0.3, 0.4) is 0 Å². The van der Waals surface area contributed by atoms with E-state index in [4.69, 9.17) is 6.42 Å². The van der Waals surface area contributed by atoms with Crippen LogP contribution >= 0.6 is 0 Å². The summed E-state index contributed by atoms with van der Waals surface area (Å²) in [5, 5.41) is 0. The Morgan fingerprint density at radius 1 is 1.50 bits per heavy atom. The molecular formula is C12H17NO. The van der Waals surface area contributed by atoms with Crippen molar-refractivity contribution >= 4 is 5.91 Å². The standard InChI is InChI=1S/C12H17NO/c1-3-6-13(2)12(14)11-8-9-4-5-10(11)7-9/h1,9-11H,4-8H2,2H3. The Hall–Kier alpha value is -0.970. The minimum absolute atomic E-state index is 0.273. The zero-order valence-corrected chi connectivity index (χ0v) is 8.70. The topological polar surface area (TPSA) is 20.3 Å². The smallest absolute Gasteiger partial charge is 0.226 e. The number of rotatable bonds is 2. The number of terminal acetylenes is 1. The maximum atomic E-state index is 12.0. The number of carbonyl (C=O) groups is 1. The number of hydrogen-bond donors (Lipinski definition) is 0. The molecule has 3 atom stereocenters. The van der Waals surface area contributed by atoms with E-state index in [9.17, 15) is 4.79 Å². The molecule has 2 aliphatic carbocycles. The SMILES string of the molecule is C#CCN(C)C(=O)C1CC2CCC1C2. The Morgan fingerprint density at radius 3 is 2.79 bits per heavy atom. The third kappa shape index (κ3) is 1.52. The van der Waals surface area contributed by atoms with Gasteiger partial charge in [-0.15, -0.1) is 6.42 Å². The van der Waals surface area contributed by atoms with Crippen LogP contribution in [0.4, 0.5) is 0 Å². The van der Waals surface area contributed by atoms with Crippen LogP contribution in [0.15, 0.2) is 0 Å². The van der Waals surface area contributed by atoms with Crippen molar-refractivity contribution < 1.29 is 4.79 Å². The highest BCUT2D eigenvalue weighted by Gasteiger charge is 2.43. The predicted octanol–water partition coefficient (Wildman–Crippen LogP) is 1.51. The van der Waals surface area contributed by atoms with Gasteiger partial charge in [0.05, 0.1) is 6.54 Å². The van der Waals surface area contributed by atoms with Crippen LogP contribution in [0.2, 0.25) is 0 Å². The fourth-order valence-electron chi connectivity index (χ4n) is 3.05. The molecular weight excluding hydrogens is 174 g/mol. The Morgan fingerprint density at radius 2 is 2.29 bits per heavy atom. The molecule has 0 N–H and O–H groups in total. The van der Waals surface area contributed by atoms with Gasteiger partial charge in [0.2, 0.25) is 5.91 Å². The van der Waals surface area contributed by atoms with Crippen molar-refractivity contribution in [2.24, 2.45) is 17.8 Å². The molecule has 2 bridgehead atoms. The fraction of sp³-hybridized carbons (Fsp3) is 0.750.